The van der Waals surface area contributed by atoms with E-state index in [1.807, 2.05) is 18.5 Å². The van der Waals surface area contributed by atoms with Crippen LogP contribution >= 0.6 is 0 Å². The number of hydrogen-bond acceptors (Lipinski definition) is 8. The van der Waals surface area contributed by atoms with Gasteiger partial charge in [0.15, 0.2) is 5.84 Å². The lowest BCUT2D eigenvalue weighted by Crippen LogP contribution is -2.36. The fraction of sp³-hybridized carbons (Fsp3) is 0.200. The van der Waals surface area contributed by atoms with Crippen LogP contribution in [0.15, 0.2) is 86.0 Å². The van der Waals surface area contributed by atoms with Crippen LogP contribution in [0.3, 0.4) is 0 Å². The Hall–Kier alpha value is -10.5. The second kappa shape index (κ2) is 27.5. The molecule has 3 aromatic rings. The van der Waals surface area contributed by atoms with Crippen LogP contribution in [0.1, 0.15) is 88.2 Å². The fourth-order valence-corrected chi connectivity index (χ4v) is 7.15. The summed E-state index contributed by atoms with van der Waals surface area (Å²) in [7, 11) is 0. The number of amidine groups is 1. The van der Waals surface area contributed by atoms with Crippen LogP contribution in [0, 0.1) is 165 Å². The predicted octanol–water partition coefficient (Wildman–Crippen LogP) is 8.41. The van der Waals surface area contributed by atoms with Gasteiger partial charge in [-0.05, 0) is 195 Å². The van der Waals surface area contributed by atoms with E-state index >= 15 is 0 Å². The van der Waals surface area contributed by atoms with Crippen molar-refractivity contribution in [3.63, 3.8) is 0 Å². The Bertz CT molecular complexity index is 3470. The summed E-state index contributed by atoms with van der Waals surface area (Å²) in [6, 6.07) is 12.9. The lowest BCUT2D eigenvalue weighted by Gasteiger charge is -2.36. The van der Waals surface area contributed by atoms with E-state index in [9.17, 15) is 0 Å². The summed E-state index contributed by atoms with van der Waals surface area (Å²) in [6.07, 6.45) is 17.3. The molecule has 0 unspecified atom stereocenters. The average Bonchev–Trinajstić information content (AvgIpc) is 3.92. The molecule has 5 N–H and O–H groups in total. The first-order valence-electron chi connectivity index (χ1n) is 20.4. The van der Waals surface area contributed by atoms with E-state index in [0.717, 1.165) is 79.4 Å². The van der Waals surface area contributed by atoms with Crippen molar-refractivity contribution in [3.05, 3.63) is 88.8 Å². The van der Waals surface area contributed by atoms with Crippen LogP contribution in [0.4, 0.5) is 5.69 Å². The maximum Gasteiger partial charge on any atom is 0.156 e. The number of nitrogens with two attached hydrogens (primary N) is 2. The van der Waals surface area contributed by atoms with Crippen molar-refractivity contribution < 1.29 is 15.7 Å². The molecule has 1 aromatic carbocycles. The van der Waals surface area contributed by atoms with Gasteiger partial charge in [0, 0.05) is 81.8 Å². The number of aromatic nitrogens is 3. The monoisotopic (exact) mass is 899 g/mol. The summed E-state index contributed by atoms with van der Waals surface area (Å²) < 4.78 is 0. The van der Waals surface area contributed by atoms with E-state index in [1.165, 1.54) is 16.7 Å². The van der Waals surface area contributed by atoms with Crippen molar-refractivity contribution in [3.8, 4) is 154 Å². The summed E-state index contributed by atoms with van der Waals surface area (Å²) in [6.45, 7) is 3.23. The molecule has 0 radical (unpaired) electrons. The topological polar surface area (TPSA) is 192 Å². The molecule has 2 aliphatic heterocycles. The van der Waals surface area contributed by atoms with Crippen LogP contribution in [0.2, 0.25) is 0 Å². The molecule has 0 saturated heterocycles. The number of rotatable bonds is 3. The molecule has 0 saturated carbocycles. The molecule has 2 atom stereocenters. The largest absolute Gasteiger partial charge is 0.323 e. The van der Waals surface area contributed by atoms with E-state index in [4.69, 9.17) is 32.6 Å². The molecular formula is C55H57N13. The second-order valence-electron chi connectivity index (χ2n) is 13.8. The number of aryl methyl sites for hydroxylation is 1. The Morgan fingerprint density at radius 2 is 1.37 bits per heavy atom. The highest BCUT2D eigenvalue weighted by Gasteiger charge is 2.44. The van der Waals surface area contributed by atoms with E-state index in [1.54, 1.807) is 6.92 Å². The number of nitrogens with one attached hydrogen (secondary N) is 1. The first-order chi connectivity index (χ1) is 33.5. The molecule has 0 bridgehead atoms. The fourth-order valence-electron chi connectivity index (χ4n) is 7.15. The van der Waals surface area contributed by atoms with Gasteiger partial charge >= 0.3 is 0 Å². The highest BCUT2D eigenvalue weighted by Crippen LogP contribution is 2.53. The van der Waals surface area contributed by atoms with Crippen molar-refractivity contribution >= 4 is 17.1 Å². The minimum absolute atomic E-state index is 0. The molecule has 4 heterocycles. The molecule has 68 heavy (non-hydrogen) atoms. The number of nitrogens with zero attached hydrogens (tertiary/aromatic N) is 10. The molecule has 7 rings (SSSR count). The zero-order valence-corrected chi connectivity index (χ0v) is 36.6. The van der Waals surface area contributed by atoms with Gasteiger partial charge in [-0.25, -0.2) is 9.97 Å². The van der Waals surface area contributed by atoms with Crippen molar-refractivity contribution in [2.45, 2.75) is 58.0 Å². The van der Waals surface area contributed by atoms with Gasteiger partial charge in [-0.15, -0.1) is 6.42 Å². The summed E-state index contributed by atoms with van der Waals surface area (Å²) >= 11 is 0. The molecule has 0 fully saturated rings. The summed E-state index contributed by atoms with van der Waals surface area (Å²) in [5.41, 5.74) is 22.1. The number of hydrogen-bond donors (Lipinski definition) is 3. The number of aliphatic imine (C=N–C) groups is 1. The SMILES string of the molecule is C#CC#CC#CC#CC#CC#CC#CC#CC#CC#CC#CC#CC#CC.N=N/N=N/N=N/N.N[C@@H]1c2ccccc2C[C@@]12CC=C(c1cnc3c(n1)CN=C3N1CCCc3ncccc31)CC2.[HH].[HH].[HH].[HH].[HH].[HH].[HH].[HH].[HH].[HH].[HH]. The predicted molar refractivity (Wildman–Crippen MR) is 284 cm³/mol. The smallest absolute Gasteiger partial charge is 0.156 e. The third-order valence-corrected chi connectivity index (χ3v) is 9.96. The molecule has 13 nitrogen and oxygen atoms in total. The van der Waals surface area contributed by atoms with Crippen molar-refractivity contribution in [2.24, 2.45) is 48.1 Å². The minimum atomic E-state index is 0. The van der Waals surface area contributed by atoms with Gasteiger partial charge in [-0.3, -0.25) is 9.98 Å². The first-order valence-corrected chi connectivity index (χ1v) is 20.4. The van der Waals surface area contributed by atoms with Gasteiger partial charge in [0.2, 0.25) is 0 Å². The highest BCUT2D eigenvalue weighted by molar-refractivity contribution is 6.11. The number of allylic oxidation sites excluding steroid dienone is 2. The molecule has 1 spiro atoms. The van der Waals surface area contributed by atoms with E-state index in [2.05, 4.69) is 226 Å². The van der Waals surface area contributed by atoms with Gasteiger partial charge in [-0.2, -0.15) is 5.53 Å². The van der Waals surface area contributed by atoms with Crippen molar-refractivity contribution in [1.82, 2.24) is 15.0 Å². The van der Waals surface area contributed by atoms with Gasteiger partial charge < -0.3 is 16.5 Å². The van der Waals surface area contributed by atoms with Crippen molar-refractivity contribution in [2.75, 3.05) is 11.4 Å². The quantitative estimate of drug-likeness (QED) is 0.102. The third kappa shape index (κ3) is 14.5. The Kier molecular flexibility index (Phi) is 19.7. The molecule has 0 amide bonds. The van der Waals surface area contributed by atoms with Crippen LogP contribution in [0.25, 0.3) is 5.57 Å². The maximum absolute atomic E-state index is 6.75. The zero-order chi connectivity index (χ0) is 47.9. The third-order valence-electron chi connectivity index (χ3n) is 9.96. The summed E-state index contributed by atoms with van der Waals surface area (Å²) in [4.78, 5) is 21.6. The number of pyridine rings is 1. The Morgan fingerprint density at radius 3 is 1.93 bits per heavy atom. The standard InChI is InChI=1S/C28H28N6.C27H4.H3N7.11H2/c29-26-20-6-2-1-5-19(20)15-28(26)11-9-18(10-12-28)22-16-31-25-23(33-22)17-32-27(25)34-14-4-7-21-24(34)8-3-13-30-21;1-3-5-7-9-11-13-15-17-19-21-23-25-27-26-24-22-20-18-16-14-12-10-8-6-4-2;1-3-5-7-6-4-2;;;;;;;;;;;/h1-3,5-6,8-9,13,16,26H,4,7,10-12,14-15,17,29H2;1H,2H3;(H3,1,2,5,6);11*1H/t26-,28+;;;;;;;;;;;;;/m1............./s1. The molecule has 2 aromatic heterocycles. The lowest BCUT2D eigenvalue weighted by atomic mass is 9.70. The highest BCUT2D eigenvalue weighted by atomic mass is 15.6. The maximum atomic E-state index is 6.75. The number of anilines is 1. The van der Waals surface area contributed by atoms with Gasteiger partial charge in [0.25, 0.3) is 0 Å². The van der Waals surface area contributed by atoms with Crippen LogP contribution < -0.4 is 16.5 Å². The molecular weight excluding hydrogens is 843 g/mol. The van der Waals surface area contributed by atoms with Gasteiger partial charge in [0.1, 0.15) is 5.69 Å². The molecule has 4 aliphatic rings. The van der Waals surface area contributed by atoms with Gasteiger partial charge in [-0.1, -0.05) is 41.5 Å². The number of fused-ring (bicyclic) bond motifs is 3. The van der Waals surface area contributed by atoms with Gasteiger partial charge in [0.05, 0.1) is 35.5 Å². The Labute approximate surface area is 413 Å². The second-order valence-corrected chi connectivity index (χ2v) is 13.8. The normalized spacial score (nSPS) is 15.1. The van der Waals surface area contributed by atoms with E-state index in [-0.39, 0.29) is 27.1 Å². The van der Waals surface area contributed by atoms with E-state index < -0.39 is 0 Å². The minimum Gasteiger partial charge on any atom is -0.323 e. The van der Waals surface area contributed by atoms with Crippen LogP contribution in [0.5, 0.6) is 0 Å². The van der Waals surface area contributed by atoms with Crippen LogP contribution in [-0.2, 0) is 19.4 Å². The summed E-state index contributed by atoms with van der Waals surface area (Å²) in [5.74, 6) is 67.3. The molecule has 13 heteroatoms. The average molecular weight is 900 g/mol. The Morgan fingerprint density at radius 1 is 0.750 bits per heavy atom. The Balaban J connectivity index is -0.000000212. The molecule has 2 aliphatic carbocycles. The zero-order valence-electron chi connectivity index (χ0n) is 36.6. The van der Waals surface area contributed by atoms with Crippen LogP contribution in [-0.4, -0.2) is 27.3 Å². The van der Waals surface area contributed by atoms with Crippen molar-refractivity contribution in [1.29, 1.82) is 5.53 Å². The number of benzene rings is 1. The molecule has 342 valence electrons. The number of terminal acetylenes is 1. The van der Waals surface area contributed by atoms with E-state index in [0.29, 0.717) is 6.54 Å². The first kappa shape index (κ1) is 48.5. The summed E-state index contributed by atoms with van der Waals surface area (Å²) in [5, 5.41) is 13.5. The lowest BCUT2D eigenvalue weighted by molar-refractivity contribution is 0.224.